The summed E-state index contributed by atoms with van der Waals surface area (Å²) in [6.07, 6.45) is 1.70. The van der Waals surface area contributed by atoms with Crippen LogP contribution >= 0.6 is 0 Å². The van der Waals surface area contributed by atoms with Gasteiger partial charge in [-0.3, -0.25) is 14.6 Å². The van der Waals surface area contributed by atoms with Crippen LogP contribution in [0.15, 0.2) is 54.7 Å². The first-order chi connectivity index (χ1) is 12.1. The Bertz CT molecular complexity index is 721. The van der Waals surface area contributed by atoms with Gasteiger partial charge in [0.2, 0.25) is 11.8 Å². The Labute approximate surface area is 147 Å². The molecule has 1 atom stereocenters. The van der Waals surface area contributed by atoms with Crippen LogP contribution in [0.1, 0.15) is 11.3 Å². The maximum absolute atomic E-state index is 12.9. The first kappa shape index (κ1) is 17.1. The van der Waals surface area contributed by atoms with E-state index in [-0.39, 0.29) is 25.0 Å². The van der Waals surface area contributed by atoms with Crippen LogP contribution in [-0.2, 0) is 27.4 Å². The highest BCUT2D eigenvalue weighted by Crippen LogP contribution is 2.16. The van der Waals surface area contributed by atoms with E-state index >= 15 is 0 Å². The van der Waals surface area contributed by atoms with Crippen molar-refractivity contribution in [3.8, 4) is 0 Å². The molecule has 6 nitrogen and oxygen atoms in total. The molecule has 0 spiro atoms. The molecule has 0 radical (unpaired) electrons. The van der Waals surface area contributed by atoms with E-state index in [2.05, 4.69) is 4.98 Å². The van der Waals surface area contributed by atoms with Gasteiger partial charge in [-0.05, 0) is 17.7 Å². The molecule has 1 aromatic carbocycles. The fourth-order valence-corrected chi connectivity index (χ4v) is 2.85. The molecule has 0 aliphatic carbocycles. The van der Waals surface area contributed by atoms with Crippen molar-refractivity contribution in [1.29, 1.82) is 0 Å². The van der Waals surface area contributed by atoms with Crippen molar-refractivity contribution in [2.24, 2.45) is 0 Å². The van der Waals surface area contributed by atoms with Crippen LogP contribution < -0.4 is 0 Å². The van der Waals surface area contributed by atoms with Crippen molar-refractivity contribution in [2.45, 2.75) is 19.1 Å². The van der Waals surface area contributed by atoms with Gasteiger partial charge in [-0.1, -0.05) is 36.4 Å². The second-order valence-electron chi connectivity index (χ2n) is 6.05. The number of hydrogen-bond donors (Lipinski definition) is 0. The minimum Gasteiger partial charge on any atom is -0.369 e. The predicted molar refractivity (Wildman–Crippen MR) is 92.3 cm³/mol. The van der Waals surface area contributed by atoms with Gasteiger partial charge >= 0.3 is 0 Å². The Hall–Kier alpha value is -2.73. The third-order valence-electron chi connectivity index (χ3n) is 4.18. The summed E-state index contributed by atoms with van der Waals surface area (Å²) in [6.45, 7) is 1.02. The molecule has 0 N–H and O–H groups in total. The van der Waals surface area contributed by atoms with E-state index in [0.717, 1.165) is 11.3 Å². The molecule has 6 heteroatoms. The van der Waals surface area contributed by atoms with Crippen LogP contribution in [0.3, 0.4) is 0 Å². The molecule has 2 aromatic rings. The average molecular weight is 339 g/mol. The molecule has 1 fully saturated rings. The van der Waals surface area contributed by atoms with E-state index in [1.54, 1.807) is 23.0 Å². The molecule has 3 rings (SSSR count). The lowest BCUT2D eigenvalue weighted by Crippen LogP contribution is -2.56. The summed E-state index contributed by atoms with van der Waals surface area (Å²) in [5.74, 6) is -0.311. The summed E-state index contributed by atoms with van der Waals surface area (Å²) in [7, 11) is 1.72. The number of rotatable bonds is 5. The van der Waals surface area contributed by atoms with Crippen LogP contribution in [0, 0.1) is 0 Å². The number of aromatic nitrogens is 1. The Morgan fingerprint density at radius 3 is 2.72 bits per heavy atom. The number of carbonyl (C=O) groups excluding carboxylic acids is 2. The third kappa shape index (κ3) is 4.22. The minimum atomic E-state index is -0.616. The van der Waals surface area contributed by atoms with E-state index in [0.29, 0.717) is 13.1 Å². The number of amides is 2. The van der Waals surface area contributed by atoms with Crippen molar-refractivity contribution in [3.05, 3.63) is 66.0 Å². The molecular weight excluding hydrogens is 318 g/mol. The molecule has 1 aromatic heterocycles. The van der Waals surface area contributed by atoms with E-state index in [9.17, 15) is 9.59 Å². The number of likely N-dealkylation sites (N-methyl/N-ethyl adjacent to an activating group) is 1. The predicted octanol–water partition coefficient (Wildman–Crippen LogP) is 1.47. The Balaban J connectivity index is 1.72. The Kier molecular flexibility index (Phi) is 5.40. The zero-order valence-corrected chi connectivity index (χ0v) is 14.2. The topological polar surface area (TPSA) is 62.7 Å². The molecule has 2 amide bonds. The first-order valence-corrected chi connectivity index (χ1v) is 8.21. The van der Waals surface area contributed by atoms with Gasteiger partial charge in [0.1, 0.15) is 12.6 Å². The number of nitrogens with zero attached hydrogens (tertiary/aromatic N) is 3. The molecule has 130 valence electrons. The van der Waals surface area contributed by atoms with Crippen molar-refractivity contribution >= 4 is 11.8 Å². The van der Waals surface area contributed by atoms with Gasteiger partial charge < -0.3 is 14.5 Å². The zero-order valence-electron chi connectivity index (χ0n) is 14.2. The highest BCUT2D eigenvalue weighted by atomic mass is 16.5. The highest BCUT2D eigenvalue weighted by molar-refractivity contribution is 5.89. The van der Waals surface area contributed by atoms with Gasteiger partial charge in [-0.15, -0.1) is 0 Å². The average Bonchev–Trinajstić information content (AvgIpc) is 2.64. The zero-order chi connectivity index (χ0) is 17.6. The van der Waals surface area contributed by atoms with Crippen LogP contribution in [0.5, 0.6) is 0 Å². The first-order valence-electron chi connectivity index (χ1n) is 8.21. The maximum Gasteiger partial charge on any atom is 0.249 e. The second kappa shape index (κ2) is 7.90. The summed E-state index contributed by atoms with van der Waals surface area (Å²) >= 11 is 0. The van der Waals surface area contributed by atoms with Gasteiger partial charge in [-0.2, -0.15) is 0 Å². The number of carbonyl (C=O) groups is 2. The molecule has 25 heavy (non-hydrogen) atoms. The summed E-state index contributed by atoms with van der Waals surface area (Å²) in [4.78, 5) is 32.6. The molecule has 1 aliphatic rings. The molecule has 0 bridgehead atoms. The van der Waals surface area contributed by atoms with Gasteiger partial charge in [0.05, 0.1) is 18.8 Å². The van der Waals surface area contributed by atoms with E-state index < -0.39 is 6.04 Å². The number of hydrogen-bond acceptors (Lipinski definition) is 4. The van der Waals surface area contributed by atoms with Crippen molar-refractivity contribution in [1.82, 2.24) is 14.8 Å². The van der Waals surface area contributed by atoms with Crippen molar-refractivity contribution in [2.75, 3.05) is 20.3 Å². The fraction of sp³-hybridized carbons (Fsp3) is 0.316. The van der Waals surface area contributed by atoms with E-state index in [4.69, 9.17) is 4.74 Å². The SMILES string of the molecule is CN(Cc1ccccn1)C(=O)C1COCC(=O)N1Cc1ccccc1. The standard InChI is InChI=1S/C19H21N3O3/c1-21(12-16-9-5-6-10-20-16)19(24)17-13-25-14-18(23)22(17)11-15-7-3-2-4-8-15/h2-10,17H,11-14H2,1H3. The third-order valence-corrected chi connectivity index (χ3v) is 4.18. The number of benzene rings is 1. The molecule has 0 saturated carbocycles. The molecule has 1 saturated heterocycles. The molecule has 1 unspecified atom stereocenters. The summed E-state index contributed by atoms with van der Waals surface area (Å²) in [5, 5.41) is 0. The lowest BCUT2D eigenvalue weighted by atomic mass is 10.1. The van der Waals surface area contributed by atoms with E-state index in [1.807, 2.05) is 48.5 Å². The van der Waals surface area contributed by atoms with Crippen molar-refractivity contribution < 1.29 is 14.3 Å². The Morgan fingerprint density at radius 1 is 1.24 bits per heavy atom. The number of morpholine rings is 1. The largest absolute Gasteiger partial charge is 0.369 e. The maximum atomic E-state index is 12.9. The van der Waals surface area contributed by atoms with Crippen LogP contribution in [0.4, 0.5) is 0 Å². The van der Waals surface area contributed by atoms with Gasteiger partial charge in [0.25, 0.3) is 0 Å². The van der Waals surface area contributed by atoms with Crippen molar-refractivity contribution in [3.63, 3.8) is 0 Å². The number of pyridine rings is 1. The quantitative estimate of drug-likeness (QED) is 0.827. The lowest BCUT2D eigenvalue weighted by molar-refractivity contribution is -0.159. The van der Waals surface area contributed by atoms with Gasteiger partial charge in [-0.25, -0.2) is 0 Å². The van der Waals surface area contributed by atoms with E-state index in [1.165, 1.54) is 0 Å². The molecule has 2 heterocycles. The summed E-state index contributed by atoms with van der Waals surface area (Å²) in [6, 6.07) is 14.6. The highest BCUT2D eigenvalue weighted by Gasteiger charge is 2.35. The normalized spacial score (nSPS) is 17.4. The van der Waals surface area contributed by atoms with Crippen LogP contribution in [-0.4, -0.2) is 52.9 Å². The monoisotopic (exact) mass is 339 g/mol. The van der Waals surface area contributed by atoms with Crippen LogP contribution in [0.2, 0.25) is 0 Å². The van der Waals surface area contributed by atoms with Gasteiger partial charge in [0, 0.05) is 19.8 Å². The van der Waals surface area contributed by atoms with Crippen LogP contribution in [0.25, 0.3) is 0 Å². The summed E-state index contributed by atoms with van der Waals surface area (Å²) in [5.41, 5.74) is 1.79. The Morgan fingerprint density at radius 2 is 2.00 bits per heavy atom. The lowest BCUT2D eigenvalue weighted by Gasteiger charge is -2.36. The van der Waals surface area contributed by atoms with Gasteiger partial charge in [0.15, 0.2) is 0 Å². The second-order valence-corrected chi connectivity index (χ2v) is 6.05. The minimum absolute atomic E-state index is 0.0145. The molecule has 1 aliphatic heterocycles. The fourth-order valence-electron chi connectivity index (χ4n) is 2.85. The number of ether oxygens (including phenoxy) is 1. The smallest absolute Gasteiger partial charge is 0.249 e. The molecular formula is C19H21N3O3. The summed E-state index contributed by atoms with van der Waals surface area (Å²) < 4.78 is 5.33.